The lowest BCUT2D eigenvalue weighted by molar-refractivity contribution is -0.144. The van der Waals surface area contributed by atoms with Crippen molar-refractivity contribution in [2.45, 2.75) is 32.2 Å². The van der Waals surface area contributed by atoms with Gasteiger partial charge in [0, 0.05) is 11.6 Å². The second kappa shape index (κ2) is 7.36. The van der Waals surface area contributed by atoms with Gasteiger partial charge in [-0.2, -0.15) is 0 Å². The summed E-state index contributed by atoms with van der Waals surface area (Å²) in [7, 11) is 0. The van der Waals surface area contributed by atoms with Crippen LogP contribution < -0.4 is 10.1 Å². The number of halogens is 1. The minimum atomic E-state index is -0.896. The van der Waals surface area contributed by atoms with Crippen LogP contribution in [0.2, 0.25) is 5.02 Å². The number of hydrogen-bond acceptors (Lipinski definition) is 3. The Kier molecular flexibility index (Phi) is 6.12. The molecule has 1 atom stereocenters. The standard InChI is InChI=1S/C14H20ClNO3/c1-3-7-14(2,13(17)18)16-8-9-19-12-6-4-5-11(15)10-12/h4-6,10,16H,3,7-9H2,1-2H3,(H,17,18). The van der Waals surface area contributed by atoms with E-state index in [2.05, 4.69) is 5.32 Å². The van der Waals surface area contributed by atoms with Crippen LogP contribution in [-0.2, 0) is 4.79 Å². The molecule has 5 heteroatoms. The Bertz CT molecular complexity index is 425. The summed E-state index contributed by atoms with van der Waals surface area (Å²) in [6.07, 6.45) is 1.39. The van der Waals surface area contributed by atoms with Gasteiger partial charge in [-0.25, -0.2) is 0 Å². The fourth-order valence-electron chi connectivity index (χ4n) is 1.82. The van der Waals surface area contributed by atoms with Crippen molar-refractivity contribution in [3.63, 3.8) is 0 Å². The molecule has 0 amide bonds. The summed E-state index contributed by atoms with van der Waals surface area (Å²) >= 11 is 5.84. The van der Waals surface area contributed by atoms with Crippen LogP contribution in [0.3, 0.4) is 0 Å². The van der Waals surface area contributed by atoms with Gasteiger partial charge in [0.25, 0.3) is 0 Å². The fraction of sp³-hybridized carbons (Fsp3) is 0.500. The largest absolute Gasteiger partial charge is 0.492 e. The minimum Gasteiger partial charge on any atom is -0.492 e. The Hall–Kier alpha value is -1.26. The van der Waals surface area contributed by atoms with Gasteiger partial charge in [0.05, 0.1) is 0 Å². The molecule has 1 rings (SSSR count). The van der Waals surface area contributed by atoms with E-state index in [1.807, 2.05) is 19.1 Å². The molecule has 0 aliphatic rings. The van der Waals surface area contributed by atoms with Crippen molar-refractivity contribution < 1.29 is 14.6 Å². The number of nitrogens with one attached hydrogen (secondary N) is 1. The Morgan fingerprint density at radius 1 is 1.53 bits per heavy atom. The lowest BCUT2D eigenvalue weighted by Crippen LogP contribution is -2.50. The number of carboxylic acid groups (broad SMARTS) is 1. The normalized spacial score (nSPS) is 13.8. The lowest BCUT2D eigenvalue weighted by Gasteiger charge is -2.25. The second-order valence-corrected chi connectivity index (χ2v) is 5.06. The Balaban J connectivity index is 2.39. The van der Waals surface area contributed by atoms with Crippen molar-refractivity contribution in [2.24, 2.45) is 0 Å². The number of carbonyl (C=O) groups is 1. The molecule has 0 spiro atoms. The molecule has 0 bridgehead atoms. The number of ether oxygens (including phenoxy) is 1. The van der Waals surface area contributed by atoms with Crippen LogP contribution in [0.15, 0.2) is 24.3 Å². The average molecular weight is 286 g/mol. The molecule has 0 radical (unpaired) electrons. The Morgan fingerprint density at radius 2 is 2.26 bits per heavy atom. The van der Waals surface area contributed by atoms with Gasteiger partial charge in [-0.3, -0.25) is 10.1 Å². The number of rotatable bonds is 8. The Labute approximate surface area is 118 Å². The summed E-state index contributed by atoms with van der Waals surface area (Å²) in [5, 5.41) is 12.8. The van der Waals surface area contributed by atoms with Crippen LogP contribution in [0.4, 0.5) is 0 Å². The summed E-state index contributed by atoms with van der Waals surface area (Å²) in [5.74, 6) is -0.154. The van der Waals surface area contributed by atoms with Gasteiger partial charge >= 0.3 is 5.97 Å². The van der Waals surface area contributed by atoms with Crippen molar-refractivity contribution in [1.82, 2.24) is 5.32 Å². The van der Waals surface area contributed by atoms with E-state index in [9.17, 15) is 9.90 Å². The molecule has 0 heterocycles. The highest BCUT2D eigenvalue weighted by Crippen LogP contribution is 2.17. The zero-order chi connectivity index (χ0) is 14.3. The average Bonchev–Trinajstić information content (AvgIpc) is 2.35. The first-order chi connectivity index (χ1) is 8.98. The minimum absolute atomic E-state index is 0.396. The molecule has 19 heavy (non-hydrogen) atoms. The van der Waals surface area contributed by atoms with Crippen LogP contribution in [0.25, 0.3) is 0 Å². The molecule has 0 aromatic heterocycles. The van der Waals surface area contributed by atoms with Gasteiger partial charge in [0.2, 0.25) is 0 Å². The molecule has 1 aromatic carbocycles. The maximum absolute atomic E-state index is 11.2. The van der Waals surface area contributed by atoms with Crippen LogP contribution in [0.1, 0.15) is 26.7 Å². The van der Waals surface area contributed by atoms with Crippen LogP contribution in [0.5, 0.6) is 5.75 Å². The molecule has 2 N–H and O–H groups in total. The van der Waals surface area contributed by atoms with E-state index >= 15 is 0 Å². The molecule has 0 aliphatic carbocycles. The molecule has 0 fully saturated rings. The zero-order valence-corrected chi connectivity index (χ0v) is 12.0. The highest BCUT2D eigenvalue weighted by atomic mass is 35.5. The monoisotopic (exact) mass is 285 g/mol. The van der Waals surface area contributed by atoms with E-state index in [1.54, 1.807) is 19.1 Å². The summed E-state index contributed by atoms with van der Waals surface area (Å²) in [6.45, 7) is 4.52. The van der Waals surface area contributed by atoms with Crippen molar-refractivity contribution >= 4 is 17.6 Å². The molecule has 1 aromatic rings. The van der Waals surface area contributed by atoms with Gasteiger partial charge in [0.1, 0.15) is 17.9 Å². The van der Waals surface area contributed by atoms with E-state index in [0.717, 1.165) is 6.42 Å². The predicted octanol–water partition coefficient (Wildman–Crippen LogP) is 2.95. The van der Waals surface area contributed by atoms with Gasteiger partial charge in [-0.15, -0.1) is 0 Å². The molecule has 106 valence electrons. The predicted molar refractivity (Wildman–Crippen MR) is 75.9 cm³/mol. The summed E-state index contributed by atoms with van der Waals surface area (Å²) in [4.78, 5) is 11.2. The molecular formula is C14H20ClNO3. The van der Waals surface area contributed by atoms with Crippen molar-refractivity contribution in [3.8, 4) is 5.75 Å². The van der Waals surface area contributed by atoms with Gasteiger partial charge in [-0.1, -0.05) is 31.0 Å². The Morgan fingerprint density at radius 3 is 2.84 bits per heavy atom. The van der Waals surface area contributed by atoms with Crippen LogP contribution in [0, 0.1) is 0 Å². The van der Waals surface area contributed by atoms with Gasteiger partial charge in [0.15, 0.2) is 0 Å². The number of carboxylic acids is 1. The van der Waals surface area contributed by atoms with E-state index in [1.165, 1.54) is 0 Å². The third kappa shape index (κ3) is 5.09. The first-order valence-corrected chi connectivity index (χ1v) is 6.72. The maximum atomic E-state index is 11.2. The molecule has 0 aliphatic heterocycles. The molecule has 1 unspecified atom stereocenters. The van der Waals surface area contributed by atoms with E-state index in [0.29, 0.717) is 30.3 Å². The fourth-order valence-corrected chi connectivity index (χ4v) is 2.00. The SMILES string of the molecule is CCCC(C)(NCCOc1cccc(Cl)c1)C(=O)O. The number of hydrogen-bond donors (Lipinski definition) is 2. The maximum Gasteiger partial charge on any atom is 0.323 e. The molecule has 4 nitrogen and oxygen atoms in total. The lowest BCUT2D eigenvalue weighted by atomic mass is 9.96. The third-order valence-electron chi connectivity index (χ3n) is 2.90. The van der Waals surface area contributed by atoms with E-state index < -0.39 is 11.5 Å². The summed E-state index contributed by atoms with van der Waals surface area (Å²) in [5.41, 5.74) is -0.896. The van der Waals surface area contributed by atoms with Crippen molar-refractivity contribution in [1.29, 1.82) is 0 Å². The summed E-state index contributed by atoms with van der Waals surface area (Å²) in [6, 6.07) is 7.12. The summed E-state index contributed by atoms with van der Waals surface area (Å²) < 4.78 is 5.50. The second-order valence-electron chi connectivity index (χ2n) is 4.62. The number of aliphatic carboxylic acids is 1. The van der Waals surface area contributed by atoms with E-state index in [-0.39, 0.29) is 0 Å². The molecule has 0 saturated heterocycles. The van der Waals surface area contributed by atoms with Crippen molar-refractivity contribution in [3.05, 3.63) is 29.3 Å². The first-order valence-electron chi connectivity index (χ1n) is 6.35. The number of benzene rings is 1. The third-order valence-corrected chi connectivity index (χ3v) is 3.14. The molecular weight excluding hydrogens is 266 g/mol. The topological polar surface area (TPSA) is 58.6 Å². The zero-order valence-electron chi connectivity index (χ0n) is 11.3. The highest BCUT2D eigenvalue weighted by Gasteiger charge is 2.30. The first kappa shape index (κ1) is 15.8. The van der Waals surface area contributed by atoms with Crippen LogP contribution in [-0.4, -0.2) is 29.8 Å². The van der Waals surface area contributed by atoms with E-state index in [4.69, 9.17) is 16.3 Å². The quantitative estimate of drug-likeness (QED) is 0.721. The van der Waals surface area contributed by atoms with Gasteiger partial charge in [-0.05, 0) is 31.5 Å². The van der Waals surface area contributed by atoms with Crippen molar-refractivity contribution in [2.75, 3.05) is 13.2 Å². The van der Waals surface area contributed by atoms with Gasteiger partial charge < -0.3 is 9.84 Å². The van der Waals surface area contributed by atoms with Crippen LogP contribution >= 0.6 is 11.6 Å². The highest BCUT2D eigenvalue weighted by molar-refractivity contribution is 6.30. The molecule has 0 saturated carbocycles. The smallest absolute Gasteiger partial charge is 0.323 e.